The molecule has 2 rings (SSSR count). The average Bonchev–Trinajstić information content (AvgIpc) is 2.38. The largest absolute Gasteiger partial charge is 0.457 e. The number of hydrogen-bond acceptors (Lipinski definition) is 2. The van der Waals surface area contributed by atoms with Crippen molar-refractivity contribution >= 4 is 15.9 Å². The lowest BCUT2D eigenvalue weighted by molar-refractivity contribution is 0.481. The van der Waals surface area contributed by atoms with E-state index in [-0.39, 0.29) is 6.04 Å². The molecule has 0 aliphatic carbocycles. The standard InChI is InChI=1S/C16H18BrNO/c1-3-12-5-4-6-13(9-12)19-14-7-8-15(11(2)18)16(17)10-14/h4-11H,3,18H2,1-2H3/t11-/m1/s1. The number of rotatable bonds is 4. The minimum atomic E-state index is 0.00634. The van der Waals surface area contributed by atoms with Crippen LogP contribution < -0.4 is 10.5 Å². The third kappa shape index (κ3) is 3.58. The first-order chi connectivity index (χ1) is 9.10. The summed E-state index contributed by atoms with van der Waals surface area (Å²) in [5.74, 6) is 1.67. The summed E-state index contributed by atoms with van der Waals surface area (Å²) in [6.45, 7) is 4.10. The maximum Gasteiger partial charge on any atom is 0.128 e. The Labute approximate surface area is 122 Å². The Morgan fingerprint density at radius 2 is 1.89 bits per heavy atom. The number of ether oxygens (including phenoxy) is 1. The van der Waals surface area contributed by atoms with Crippen molar-refractivity contribution < 1.29 is 4.74 Å². The topological polar surface area (TPSA) is 35.2 Å². The molecule has 0 aromatic heterocycles. The van der Waals surface area contributed by atoms with Gasteiger partial charge in [-0.3, -0.25) is 0 Å². The maximum atomic E-state index is 5.88. The van der Waals surface area contributed by atoms with E-state index in [1.807, 2.05) is 37.3 Å². The summed E-state index contributed by atoms with van der Waals surface area (Å²) in [4.78, 5) is 0. The quantitative estimate of drug-likeness (QED) is 0.876. The number of hydrogen-bond donors (Lipinski definition) is 1. The monoisotopic (exact) mass is 319 g/mol. The molecule has 0 saturated carbocycles. The van der Waals surface area contributed by atoms with Crippen LogP contribution in [-0.4, -0.2) is 0 Å². The minimum Gasteiger partial charge on any atom is -0.457 e. The normalized spacial score (nSPS) is 12.2. The Kier molecular flexibility index (Phi) is 4.61. The molecule has 2 aromatic rings. The molecule has 0 amide bonds. The summed E-state index contributed by atoms with van der Waals surface area (Å²) in [6.07, 6.45) is 1.00. The van der Waals surface area contributed by atoms with Crippen LogP contribution in [0.5, 0.6) is 11.5 Å². The molecule has 2 N–H and O–H groups in total. The van der Waals surface area contributed by atoms with Gasteiger partial charge in [-0.25, -0.2) is 0 Å². The fraction of sp³-hybridized carbons (Fsp3) is 0.250. The van der Waals surface area contributed by atoms with E-state index in [0.29, 0.717) is 0 Å². The van der Waals surface area contributed by atoms with E-state index >= 15 is 0 Å². The van der Waals surface area contributed by atoms with E-state index in [2.05, 4.69) is 35.0 Å². The summed E-state index contributed by atoms with van der Waals surface area (Å²) in [6, 6.07) is 14.0. The van der Waals surface area contributed by atoms with Crippen molar-refractivity contribution in [1.82, 2.24) is 0 Å². The van der Waals surface area contributed by atoms with Crippen molar-refractivity contribution in [3.05, 3.63) is 58.1 Å². The van der Waals surface area contributed by atoms with Gasteiger partial charge >= 0.3 is 0 Å². The predicted octanol–water partition coefficient (Wildman–Crippen LogP) is 4.82. The van der Waals surface area contributed by atoms with E-state index in [4.69, 9.17) is 10.5 Å². The molecule has 19 heavy (non-hydrogen) atoms. The van der Waals surface area contributed by atoms with Gasteiger partial charge in [-0.2, -0.15) is 0 Å². The molecule has 0 heterocycles. The minimum absolute atomic E-state index is 0.00634. The third-order valence-electron chi connectivity index (χ3n) is 3.00. The lowest BCUT2D eigenvalue weighted by Crippen LogP contribution is -2.05. The van der Waals surface area contributed by atoms with Crippen molar-refractivity contribution in [3.8, 4) is 11.5 Å². The molecule has 0 fully saturated rings. The molecule has 1 atom stereocenters. The van der Waals surface area contributed by atoms with Crippen LogP contribution in [0.4, 0.5) is 0 Å². The second-order valence-electron chi connectivity index (χ2n) is 4.58. The zero-order valence-corrected chi connectivity index (χ0v) is 12.8. The number of halogens is 1. The van der Waals surface area contributed by atoms with Gasteiger partial charge < -0.3 is 10.5 Å². The predicted molar refractivity (Wildman–Crippen MR) is 82.6 cm³/mol. The van der Waals surface area contributed by atoms with Crippen molar-refractivity contribution in [2.45, 2.75) is 26.3 Å². The van der Waals surface area contributed by atoms with Gasteiger partial charge in [0, 0.05) is 10.5 Å². The molecule has 0 aliphatic rings. The van der Waals surface area contributed by atoms with Gasteiger partial charge in [0.15, 0.2) is 0 Å². The Balaban J connectivity index is 2.21. The van der Waals surface area contributed by atoms with Crippen molar-refractivity contribution in [3.63, 3.8) is 0 Å². The van der Waals surface area contributed by atoms with E-state index in [9.17, 15) is 0 Å². The van der Waals surface area contributed by atoms with Crippen molar-refractivity contribution in [1.29, 1.82) is 0 Å². The lowest BCUT2D eigenvalue weighted by atomic mass is 10.1. The van der Waals surface area contributed by atoms with Crippen LogP contribution in [0.1, 0.15) is 31.0 Å². The second-order valence-corrected chi connectivity index (χ2v) is 5.43. The third-order valence-corrected chi connectivity index (χ3v) is 3.69. The van der Waals surface area contributed by atoms with E-state index in [1.54, 1.807) is 0 Å². The molecule has 2 nitrogen and oxygen atoms in total. The zero-order chi connectivity index (χ0) is 13.8. The van der Waals surface area contributed by atoms with Crippen LogP contribution in [0, 0.1) is 0 Å². The first-order valence-corrected chi connectivity index (χ1v) is 7.21. The van der Waals surface area contributed by atoms with Gasteiger partial charge in [-0.05, 0) is 48.7 Å². The fourth-order valence-corrected chi connectivity index (χ4v) is 2.62. The Hall–Kier alpha value is -1.32. The fourth-order valence-electron chi connectivity index (χ4n) is 1.91. The van der Waals surface area contributed by atoms with E-state index in [0.717, 1.165) is 28.0 Å². The number of aryl methyl sites for hydroxylation is 1. The highest BCUT2D eigenvalue weighted by Gasteiger charge is 2.07. The molecule has 0 radical (unpaired) electrons. The van der Waals surface area contributed by atoms with Crippen LogP contribution in [0.25, 0.3) is 0 Å². The van der Waals surface area contributed by atoms with Gasteiger partial charge in [-0.1, -0.05) is 41.1 Å². The zero-order valence-electron chi connectivity index (χ0n) is 11.2. The molecule has 0 unspecified atom stereocenters. The van der Waals surface area contributed by atoms with Crippen LogP contribution >= 0.6 is 15.9 Å². The second kappa shape index (κ2) is 6.22. The van der Waals surface area contributed by atoms with Crippen LogP contribution in [0.3, 0.4) is 0 Å². The average molecular weight is 320 g/mol. The molecule has 0 spiro atoms. The van der Waals surface area contributed by atoms with Gasteiger partial charge in [0.2, 0.25) is 0 Å². The first kappa shape index (κ1) is 14.1. The van der Waals surface area contributed by atoms with Crippen molar-refractivity contribution in [2.75, 3.05) is 0 Å². The molecule has 100 valence electrons. The highest BCUT2D eigenvalue weighted by atomic mass is 79.9. The summed E-state index contributed by atoms with van der Waals surface area (Å²) in [5, 5.41) is 0. The number of benzene rings is 2. The van der Waals surface area contributed by atoms with Gasteiger partial charge in [0.25, 0.3) is 0 Å². The first-order valence-electron chi connectivity index (χ1n) is 6.42. The van der Waals surface area contributed by atoms with Gasteiger partial charge in [0.1, 0.15) is 11.5 Å². The van der Waals surface area contributed by atoms with Crippen molar-refractivity contribution in [2.24, 2.45) is 5.73 Å². The SMILES string of the molecule is CCc1cccc(Oc2ccc([C@@H](C)N)c(Br)c2)c1. The molecular formula is C16H18BrNO. The van der Waals surface area contributed by atoms with E-state index < -0.39 is 0 Å². The Morgan fingerprint density at radius 3 is 2.53 bits per heavy atom. The number of nitrogens with two attached hydrogens (primary N) is 1. The molecule has 0 aliphatic heterocycles. The molecule has 3 heteroatoms. The summed E-state index contributed by atoms with van der Waals surface area (Å²) < 4.78 is 6.84. The van der Waals surface area contributed by atoms with Crippen LogP contribution in [0.2, 0.25) is 0 Å². The lowest BCUT2D eigenvalue weighted by Gasteiger charge is -2.11. The van der Waals surface area contributed by atoms with Crippen LogP contribution in [0.15, 0.2) is 46.9 Å². The van der Waals surface area contributed by atoms with Gasteiger partial charge in [0.05, 0.1) is 0 Å². The van der Waals surface area contributed by atoms with Crippen LogP contribution in [-0.2, 0) is 6.42 Å². The molecular weight excluding hydrogens is 302 g/mol. The molecule has 0 bridgehead atoms. The van der Waals surface area contributed by atoms with Gasteiger partial charge in [-0.15, -0.1) is 0 Å². The summed E-state index contributed by atoms with van der Waals surface area (Å²) >= 11 is 3.53. The maximum absolute atomic E-state index is 5.88. The smallest absolute Gasteiger partial charge is 0.128 e. The Bertz CT molecular complexity index is 566. The Morgan fingerprint density at radius 1 is 1.16 bits per heavy atom. The van der Waals surface area contributed by atoms with E-state index in [1.165, 1.54) is 5.56 Å². The summed E-state index contributed by atoms with van der Waals surface area (Å²) in [7, 11) is 0. The highest BCUT2D eigenvalue weighted by Crippen LogP contribution is 2.29. The summed E-state index contributed by atoms with van der Waals surface area (Å²) in [5.41, 5.74) is 8.23. The highest BCUT2D eigenvalue weighted by molar-refractivity contribution is 9.10. The molecule has 0 saturated heterocycles. The molecule has 2 aromatic carbocycles.